The summed E-state index contributed by atoms with van der Waals surface area (Å²) in [5, 5.41) is 4.66. The number of morpholine rings is 1. The lowest BCUT2D eigenvalue weighted by molar-refractivity contribution is -0.00306. The lowest BCUT2D eigenvalue weighted by Gasteiger charge is -2.35. The first-order chi connectivity index (χ1) is 12.1. The third-order valence-electron chi connectivity index (χ3n) is 5.41. The average Bonchev–Trinajstić information content (AvgIpc) is 3.43. The van der Waals surface area contributed by atoms with Crippen LogP contribution in [0.2, 0.25) is 0 Å². The molecule has 1 amide bonds. The van der Waals surface area contributed by atoms with Crippen molar-refractivity contribution in [3.63, 3.8) is 0 Å². The molecule has 0 radical (unpaired) electrons. The second-order valence-corrected chi connectivity index (χ2v) is 7.19. The van der Waals surface area contributed by atoms with Crippen molar-refractivity contribution in [1.29, 1.82) is 0 Å². The van der Waals surface area contributed by atoms with Gasteiger partial charge in [0.25, 0.3) is 5.91 Å². The Labute approximate surface area is 148 Å². The molecule has 5 nitrogen and oxygen atoms in total. The van der Waals surface area contributed by atoms with E-state index in [-0.39, 0.29) is 11.9 Å². The van der Waals surface area contributed by atoms with E-state index in [4.69, 9.17) is 4.74 Å². The molecule has 2 aromatic rings. The molecule has 132 valence electrons. The summed E-state index contributed by atoms with van der Waals surface area (Å²) in [6.45, 7) is 5.95. The lowest BCUT2D eigenvalue weighted by atomic mass is 10.0. The molecule has 2 aliphatic rings. The molecular formula is C20H25N3O2. The number of nitrogens with zero attached hydrogens (tertiary/aromatic N) is 3. The number of rotatable bonds is 4. The fourth-order valence-electron chi connectivity index (χ4n) is 3.73. The highest BCUT2D eigenvalue weighted by Crippen LogP contribution is 2.39. The summed E-state index contributed by atoms with van der Waals surface area (Å²) < 4.78 is 7.67. The van der Waals surface area contributed by atoms with E-state index in [1.165, 1.54) is 12.8 Å². The summed E-state index contributed by atoms with van der Waals surface area (Å²) in [7, 11) is 0. The van der Waals surface area contributed by atoms with Gasteiger partial charge in [-0.05, 0) is 44.2 Å². The van der Waals surface area contributed by atoms with Crippen LogP contribution in [0, 0.1) is 12.8 Å². The number of carbonyl (C=O) groups is 1. The Kier molecular flexibility index (Phi) is 4.34. The molecule has 5 heteroatoms. The zero-order valence-electron chi connectivity index (χ0n) is 14.9. The van der Waals surface area contributed by atoms with Crippen molar-refractivity contribution in [3.8, 4) is 0 Å². The maximum atomic E-state index is 13.2. The van der Waals surface area contributed by atoms with Gasteiger partial charge >= 0.3 is 0 Å². The molecule has 2 heterocycles. The van der Waals surface area contributed by atoms with Crippen LogP contribution in [0.5, 0.6) is 0 Å². The molecule has 1 aromatic carbocycles. The Morgan fingerprint density at radius 2 is 2.04 bits per heavy atom. The Balaban J connectivity index is 1.59. The molecule has 0 spiro atoms. The zero-order chi connectivity index (χ0) is 17.4. The number of aromatic nitrogens is 2. The van der Waals surface area contributed by atoms with Crippen LogP contribution >= 0.6 is 0 Å². The van der Waals surface area contributed by atoms with Crippen molar-refractivity contribution in [1.82, 2.24) is 14.7 Å². The second-order valence-electron chi connectivity index (χ2n) is 7.19. The minimum Gasteiger partial charge on any atom is -0.377 e. The standard InChI is InChI=1S/C20H25N3O2/c1-14-12-18(21-23(14)15(2)16-8-9-16)20(24)22-10-11-25-13-19(22)17-6-4-3-5-7-17/h3-7,12,15-16,19H,8-11,13H2,1-2H3/t15-,19+/m0/s1. The summed E-state index contributed by atoms with van der Waals surface area (Å²) in [4.78, 5) is 15.1. The molecule has 2 atom stereocenters. The van der Waals surface area contributed by atoms with Gasteiger partial charge < -0.3 is 9.64 Å². The highest BCUT2D eigenvalue weighted by atomic mass is 16.5. The quantitative estimate of drug-likeness (QED) is 0.858. The first-order valence-electron chi connectivity index (χ1n) is 9.15. The average molecular weight is 339 g/mol. The van der Waals surface area contributed by atoms with Gasteiger partial charge in [-0.2, -0.15) is 5.10 Å². The number of aryl methyl sites for hydroxylation is 1. The summed E-state index contributed by atoms with van der Waals surface area (Å²) in [6.07, 6.45) is 2.53. The maximum absolute atomic E-state index is 13.2. The Morgan fingerprint density at radius 3 is 2.76 bits per heavy atom. The predicted octanol–water partition coefficient (Wildman–Crippen LogP) is 3.38. The van der Waals surface area contributed by atoms with E-state index in [2.05, 4.69) is 24.2 Å². The second kappa shape index (κ2) is 6.64. The minimum absolute atomic E-state index is 0.00185. The van der Waals surface area contributed by atoms with Crippen molar-refractivity contribution in [2.45, 2.75) is 38.8 Å². The van der Waals surface area contributed by atoms with Crippen LogP contribution in [0.4, 0.5) is 0 Å². The van der Waals surface area contributed by atoms with Gasteiger partial charge in [0.1, 0.15) is 0 Å². The van der Waals surface area contributed by atoms with Crippen LogP contribution in [0.15, 0.2) is 36.4 Å². The van der Waals surface area contributed by atoms with Crippen molar-refractivity contribution in [2.24, 2.45) is 5.92 Å². The molecule has 25 heavy (non-hydrogen) atoms. The van der Waals surface area contributed by atoms with Gasteiger partial charge in [0, 0.05) is 12.2 Å². The van der Waals surface area contributed by atoms with E-state index in [0.29, 0.717) is 37.4 Å². The van der Waals surface area contributed by atoms with Crippen molar-refractivity contribution in [3.05, 3.63) is 53.3 Å². The van der Waals surface area contributed by atoms with E-state index < -0.39 is 0 Å². The van der Waals surface area contributed by atoms with Crippen LogP contribution in [-0.4, -0.2) is 40.3 Å². The molecule has 0 unspecified atom stereocenters. The van der Waals surface area contributed by atoms with Gasteiger partial charge in [-0.25, -0.2) is 0 Å². The van der Waals surface area contributed by atoms with E-state index in [9.17, 15) is 4.79 Å². The summed E-state index contributed by atoms with van der Waals surface area (Å²) in [5.74, 6) is 0.712. The zero-order valence-corrected chi connectivity index (χ0v) is 14.9. The normalized spacial score (nSPS) is 22.0. The highest BCUT2D eigenvalue weighted by molar-refractivity contribution is 5.92. The van der Waals surface area contributed by atoms with Gasteiger partial charge in [-0.15, -0.1) is 0 Å². The summed E-state index contributed by atoms with van der Waals surface area (Å²) >= 11 is 0. The first-order valence-corrected chi connectivity index (χ1v) is 9.15. The molecule has 4 rings (SSSR count). The van der Waals surface area contributed by atoms with Crippen molar-refractivity contribution >= 4 is 5.91 Å². The fourth-order valence-corrected chi connectivity index (χ4v) is 3.73. The molecule has 0 bridgehead atoms. The smallest absolute Gasteiger partial charge is 0.275 e. The number of benzene rings is 1. The molecule has 1 saturated carbocycles. The predicted molar refractivity (Wildman–Crippen MR) is 95.4 cm³/mol. The summed E-state index contributed by atoms with van der Waals surface area (Å²) in [5.41, 5.74) is 2.72. The van der Waals surface area contributed by atoms with Crippen LogP contribution < -0.4 is 0 Å². The number of amides is 1. The van der Waals surface area contributed by atoms with Gasteiger partial charge in [-0.3, -0.25) is 9.48 Å². The topological polar surface area (TPSA) is 47.4 Å². The molecule has 1 aliphatic heterocycles. The SMILES string of the molecule is Cc1cc(C(=O)N2CCOC[C@@H]2c2ccccc2)nn1[C@@H](C)C1CC1. The van der Waals surface area contributed by atoms with Crippen LogP contribution in [-0.2, 0) is 4.74 Å². The fraction of sp³-hybridized carbons (Fsp3) is 0.500. The largest absolute Gasteiger partial charge is 0.377 e. The van der Waals surface area contributed by atoms with Crippen LogP contribution in [0.1, 0.15) is 53.6 Å². The van der Waals surface area contributed by atoms with E-state index >= 15 is 0 Å². The molecule has 2 fully saturated rings. The van der Waals surface area contributed by atoms with E-state index in [1.807, 2.05) is 40.8 Å². The number of hydrogen-bond acceptors (Lipinski definition) is 3. The Hall–Kier alpha value is -2.14. The maximum Gasteiger partial charge on any atom is 0.275 e. The van der Waals surface area contributed by atoms with Crippen molar-refractivity contribution < 1.29 is 9.53 Å². The molecule has 1 saturated heterocycles. The molecule has 0 N–H and O–H groups in total. The minimum atomic E-state index is -0.0474. The van der Waals surface area contributed by atoms with Gasteiger partial charge in [0.2, 0.25) is 0 Å². The number of carbonyl (C=O) groups excluding carboxylic acids is 1. The third kappa shape index (κ3) is 3.21. The van der Waals surface area contributed by atoms with Gasteiger partial charge in [0.05, 0.1) is 25.3 Å². The monoisotopic (exact) mass is 339 g/mol. The van der Waals surface area contributed by atoms with Gasteiger partial charge in [0.15, 0.2) is 5.69 Å². The van der Waals surface area contributed by atoms with Crippen LogP contribution in [0.3, 0.4) is 0 Å². The third-order valence-corrected chi connectivity index (χ3v) is 5.41. The van der Waals surface area contributed by atoms with Crippen LogP contribution in [0.25, 0.3) is 0 Å². The van der Waals surface area contributed by atoms with E-state index in [1.54, 1.807) is 0 Å². The van der Waals surface area contributed by atoms with Gasteiger partial charge in [-0.1, -0.05) is 30.3 Å². The lowest BCUT2D eigenvalue weighted by Crippen LogP contribution is -2.43. The van der Waals surface area contributed by atoms with Crippen molar-refractivity contribution in [2.75, 3.05) is 19.8 Å². The van der Waals surface area contributed by atoms with E-state index in [0.717, 1.165) is 11.3 Å². The summed E-state index contributed by atoms with van der Waals surface area (Å²) in [6, 6.07) is 12.4. The Morgan fingerprint density at radius 1 is 1.28 bits per heavy atom. The molecule has 1 aliphatic carbocycles. The number of hydrogen-bond donors (Lipinski definition) is 0. The molecular weight excluding hydrogens is 314 g/mol. The Bertz CT molecular complexity index is 752. The molecule has 1 aromatic heterocycles. The first kappa shape index (κ1) is 16.3. The number of ether oxygens (including phenoxy) is 1. The highest BCUT2D eigenvalue weighted by Gasteiger charge is 2.33.